The molecule has 4 aromatic carbocycles. The summed E-state index contributed by atoms with van der Waals surface area (Å²) in [7, 11) is 0. The molecule has 0 aromatic heterocycles. The van der Waals surface area contributed by atoms with E-state index in [0.717, 1.165) is 23.8 Å². The Balaban J connectivity index is 1.45. The number of aryl methyl sites for hydroxylation is 1. The Morgan fingerprint density at radius 1 is 0.810 bits per heavy atom. The van der Waals surface area contributed by atoms with Crippen LogP contribution >= 0.6 is 0 Å². The second-order valence-electron chi connectivity index (χ2n) is 9.22. The molecule has 0 spiro atoms. The van der Waals surface area contributed by atoms with Gasteiger partial charge < -0.3 is 15.4 Å². The van der Waals surface area contributed by atoms with Crippen molar-refractivity contribution in [1.82, 2.24) is 5.32 Å². The van der Waals surface area contributed by atoms with Crippen LogP contribution < -0.4 is 20.3 Å². The minimum atomic E-state index is -0.801. The van der Waals surface area contributed by atoms with Crippen molar-refractivity contribution >= 4 is 34.7 Å². The van der Waals surface area contributed by atoms with Crippen molar-refractivity contribution in [2.45, 2.75) is 13.3 Å². The van der Waals surface area contributed by atoms with Gasteiger partial charge in [0, 0.05) is 36.6 Å². The van der Waals surface area contributed by atoms with Crippen molar-refractivity contribution in [3.05, 3.63) is 128 Å². The number of benzene rings is 4. The molecule has 0 atom stereocenters. The average Bonchev–Trinajstić information content (AvgIpc) is 2.98. The van der Waals surface area contributed by atoms with Crippen LogP contribution in [-0.4, -0.2) is 34.9 Å². The molecule has 0 unspecified atom stereocenters. The Labute approximate surface area is 240 Å². The number of carbonyl (C=O) groups excluding carboxylic acids is 2. The number of carbonyl (C=O) groups is 2. The number of hydrogen-bond donors (Lipinski definition) is 2. The zero-order valence-electron chi connectivity index (χ0n) is 22.6. The second-order valence-corrected chi connectivity index (χ2v) is 9.22. The lowest BCUT2D eigenvalue weighted by molar-refractivity contribution is -0.394. The lowest BCUT2D eigenvalue weighted by atomic mass is 10.1. The van der Waals surface area contributed by atoms with Crippen molar-refractivity contribution < 1.29 is 24.2 Å². The van der Waals surface area contributed by atoms with Crippen LogP contribution in [0.4, 0.5) is 27.5 Å². The summed E-state index contributed by atoms with van der Waals surface area (Å²) in [6.45, 7) is 2.21. The van der Waals surface area contributed by atoms with Crippen LogP contribution in [0.1, 0.15) is 22.3 Å². The highest BCUT2D eigenvalue weighted by atomic mass is 16.6. The largest absolute Gasteiger partial charge is 0.457 e. The van der Waals surface area contributed by atoms with Gasteiger partial charge in [-0.1, -0.05) is 30.3 Å². The number of nitro groups is 2. The predicted octanol–water partition coefficient (Wildman–Crippen LogP) is 6.46. The van der Waals surface area contributed by atoms with Gasteiger partial charge >= 0.3 is 6.03 Å². The lowest BCUT2D eigenvalue weighted by Crippen LogP contribution is -2.37. The molecule has 4 aromatic rings. The zero-order valence-corrected chi connectivity index (χ0v) is 22.6. The second kappa shape index (κ2) is 13.5. The molecule has 12 heteroatoms. The van der Waals surface area contributed by atoms with E-state index in [4.69, 9.17) is 4.74 Å². The van der Waals surface area contributed by atoms with Crippen LogP contribution in [0.5, 0.6) is 11.5 Å². The van der Waals surface area contributed by atoms with Crippen LogP contribution in [0.25, 0.3) is 0 Å². The third-order valence-corrected chi connectivity index (χ3v) is 6.07. The number of para-hydroxylation sites is 1. The van der Waals surface area contributed by atoms with Gasteiger partial charge in [0.2, 0.25) is 0 Å². The quantitative estimate of drug-likeness (QED) is 0.119. The predicted molar refractivity (Wildman–Crippen MR) is 157 cm³/mol. The van der Waals surface area contributed by atoms with E-state index in [1.807, 2.05) is 55.5 Å². The van der Waals surface area contributed by atoms with Crippen molar-refractivity contribution in [1.29, 1.82) is 0 Å². The van der Waals surface area contributed by atoms with Gasteiger partial charge in [0.1, 0.15) is 11.5 Å². The van der Waals surface area contributed by atoms with E-state index >= 15 is 0 Å². The Kier molecular flexibility index (Phi) is 9.41. The number of hydrogen-bond acceptors (Lipinski definition) is 7. The van der Waals surface area contributed by atoms with Gasteiger partial charge in [0.05, 0.1) is 21.5 Å². The van der Waals surface area contributed by atoms with E-state index in [0.29, 0.717) is 29.3 Å². The third-order valence-electron chi connectivity index (χ3n) is 6.07. The van der Waals surface area contributed by atoms with Crippen molar-refractivity contribution in [3.8, 4) is 11.5 Å². The van der Waals surface area contributed by atoms with E-state index < -0.39 is 33.2 Å². The summed E-state index contributed by atoms with van der Waals surface area (Å²) in [6.07, 6.45) is 0.312. The van der Waals surface area contributed by atoms with Gasteiger partial charge in [-0.2, -0.15) is 0 Å². The fourth-order valence-electron chi connectivity index (χ4n) is 4.06. The van der Waals surface area contributed by atoms with E-state index in [1.165, 1.54) is 4.90 Å². The molecule has 0 fully saturated rings. The first kappa shape index (κ1) is 29.2. The third kappa shape index (κ3) is 7.88. The van der Waals surface area contributed by atoms with Crippen LogP contribution in [0.3, 0.4) is 0 Å². The number of nitro benzene ring substituents is 2. The SMILES string of the molecule is Cc1cccc(NC(=O)N(CCCNC(=O)c2cc([N+](=O)[O-])cc([N+](=O)[O-])c2)c2ccc(Oc3ccccc3)cc2)c1. The molecular weight excluding hydrogens is 542 g/mol. The van der Waals surface area contributed by atoms with Gasteiger partial charge in [-0.15, -0.1) is 0 Å². The molecule has 0 aliphatic heterocycles. The highest BCUT2D eigenvalue weighted by Crippen LogP contribution is 2.26. The first-order valence-corrected chi connectivity index (χ1v) is 12.9. The number of urea groups is 1. The van der Waals surface area contributed by atoms with Gasteiger partial charge in [0.25, 0.3) is 17.3 Å². The summed E-state index contributed by atoms with van der Waals surface area (Å²) >= 11 is 0. The fourth-order valence-corrected chi connectivity index (χ4v) is 4.06. The molecule has 42 heavy (non-hydrogen) atoms. The fraction of sp³-hybridized carbons (Fsp3) is 0.133. The summed E-state index contributed by atoms with van der Waals surface area (Å²) in [5, 5.41) is 27.8. The number of rotatable bonds is 11. The normalized spacial score (nSPS) is 10.4. The Morgan fingerprint density at radius 3 is 2.07 bits per heavy atom. The molecule has 0 saturated carbocycles. The summed E-state index contributed by atoms with van der Waals surface area (Å²) in [5.41, 5.74) is 0.849. The van der Waals surface area contributed by atoms with E-state index in [-0.39, 0.29) is 18.7 Å². The Hall–Kier alpha value is -5.78. The summed E-state index contributed by atoms with van der Waals surface area (Å²) in [6, 6.07) is 26.0. The number of non-ortho nitro benzene ring substituents is 2. The van der Waals surface area contributed by atoms with Crippen LogP contribution in [0.15, 0.2) is 97.1 Å². The molecule has 0 bridgehead atoms. The molecule has 0 saturated heterocycles. The van der Waals surface area contributed by atoms with E-state index in [9.17, 15) is 29.8 Å². The Bertz CT molecular complexity index is 1560. The summed E-state index contributed by atoms with van der Waals surface area (Å²) in [5.74, 6) is 0.548. The molecule has 2 N–H and O–H groups in total. The first-order chi connectivity index (χ1) is 20.2. The molecule has 0 aliphatic carbocycles. The van der Waals surface area contributed by atoms with E-state index in [2.05, 4.69) is 10.6 Å². The highest BCUT2D eigenvalue weighted by Gasteiger charge is 2.20. The maximum absolute atomic E-state index is 13.3. The maximum Gasteiger partial charge on any atom is 0.326 e. The standard InChI is InChI=1S/C30H27N5O7/c1-21-7-5-8-23(17-21)32-30(37)33(24-11-13-28(14-12-24)42-27-9-3-2-4-10-27)16-6-15-31-29(36)22-18-25(34(38)39)20-26(19-22)35(40)41/h2-5,7-14,17-20H,6,15-16H2,1H3,(H,31,36)(H,32,37). The first-order valence-electron chi connectivity index (χ1n) is 12.9. The van der Waals surface area contributed by atoms with Gasteiger partial charge in [-0.05, 0) is 67.4 Å². The van der Waals surface area contributed by atoms with Crippen molar-refractivity contribution in [3.63, 3.8) is 0 Å². The average molecular weight is 570 g/mol. The number of ether oxygens (including phenoxy) is 1. The van der Waals surface area contributed by atoms with Crippen LogP contribution in [0.2, 0.25) is 0 Å². The maximum atomic E-state index is 13.3. The topological polar surface area (TPSA) is 157 Å². The Morgan fingerprint density at radius 2 is 1.45 bits per heavy atom. The zero-order chi connectivity index (χ0) is 30.1. The molecule has 0 heterocycles. The summed E-state index contributed by atoms with van der Waals surface area (Å²) < 4.78 is 5.84. The minimum Gasteiger partial charge on any atom is -0.457 e. The van der Waals surface area contributed by atoms with E-state index in [1.54, 1.807) is 30.3 Å². The van der Waals surface area contributed by atoms with Gasteiger partial charge in [0.15, 0.2) is 0 Å². The number of amides is 3. The number of anilines is 2. The summed E-state index contributed by atoms with van der Waals surface area (Å²) in [4.78, 5) is 48.2. The smallest absolute Gasteiger partial charge is 0.326 e. The van der Waals surface area contributed by atoms with Crippen LogP contribution in [0, 0.1) is 27.2 Å². The van der Waals surface area contributed by atoms with Crippen molar-refractivity contribution in [2.75, 3.05) is 23.3 Å². The lowest BCUT2D eigenvalue weighted by Gasteiger charge is -2.24. The van der Waals surface area contributed by atoms with Gasteiger partial charge in [-0.25, -0.2) is 4.79 Å². The molecular formula is C30H27N5O7. The molecule has 0 radical (unpaired) electrons. The number of nitrogens with zero attached hydrogens (tertiary/aromatic N) is 3. The molecule has 12 nitrogen and oxygen atoms in total. The van der Waals surface area contributed by atoms with Gasteiger partial charge in [-0.3, -0.25) is 29.9 Å². The minimum absolute atomic E-state index is 0.0960. The van der Waals surface area contributed by atoms with Crippen LogP contribution in [-0.2, 0) is 0 Å². The molecule has 3 amide bonds. The highest BCUT2D eigenvalue weighted by molar-refractivity contribution is 6.01. The monoisotopic (exact) mass is 569 g/mol. The molecule has 0 aliphatic rings. The van der Waals surface area contributed by atoms with Crippen molar-refractivity contribution in [2.24, 2.45) is 0 Å². The molecule has 4 rings (SSSR count). The molecule has 214 valence electrons. The number of nitrogens with one attached hydrogen (secondary N) is 2.